The van der Waals surface area contributed by atoms with Crippen LogP contribution in [0.2, 0.25) is 0 Å². The van der Waals surface area contributed by atoms with Gasteiger partial charge in [0, 0.05) is 31.0 Å². The molecule has 2 heterocycles. The molecule has 0 spiro atoms. The van der Waals surface area contributed by atoms with E-state index in [1.54, 1.807) is 24.3 Å². The van der Waals surface area contributed by atoms with Gasteiger partial charge in [-0.2, -0.15) is 0 Å². The number of carbonyl (C=O) groups excluding carboxylic acids is 1. The van der Waals surface area contributed by atoms with E-state index in [2.05, 4.69) is 5.32 Å². The molecule has 3 aromatic rings. The van der Waals surface area contributed by atoms with E-state index in [1.165, 1.54) is 49.0 Å². The summed E-state index contributed by atoms with van der Waals surface area (Å²) >= 11 is 1.37. The van der Waals surface area contributed by atoms with Gasteiger partial charge >= 0.3 is 0 Å². The highest BCUT2D eigenvalue weighted by molar-refractivity contribution is 7.92. The first kappa shape index (κ1) is 23.3. The van der Waals surface area contributed by atoms with E-state index in [-0.39, 0.29) is 16.9 Å². The molecule has 8 nitrogen and oxygen atoms in total. The Morgan fingerprint density at radius 2 is 1.94 bits per heavy atom. The maximum absolute atomic E-state index is 13.2. The van der Waals surface area contributed by atoms with Crippen molar-refractivity contribution in [1.82, 2.24) is 5.32 Å². The largest absolute Gasteiger partial charge is 0.493 e. The van der Waals surface area contributed by atoms with Gasteiger partial charge in [0.05, 0.1) is 35.8 Å². The average Bonchev–Trinajstić information content (AvgIpc) is 3.50. The minimum absolute atomic E-state index is 0.0744. The SMILES string of the molecule is COc1ccc(S(=O)(=O)N(C)c2ccc3sc(C(=O)NC[C@H]4CCCO4)cc3c2)cc1OC. The highest BCUT2D eigenvalue weighted by atomic mass is 32.2. The molecule has 1 aliphatic heterocycles. The van der Waals surface area contributed by atoms with Gasteiger partial charge in [0.2, 0.25) is 0 Å². The maximum atomic E-state index is 13.2. The van der Waals surface area contributed by atoms with Crippen LogP contribution in [-0.2, 0) is 14.8 Å². The molecule has 176 valence electrons. The second kappa shape index (κ2) is 9.58. The second-order valence-corrected chi connectivity index (χ2v) is 10.7. The van der Waals surface area contributed by atoms with Gasteiger partial charge in [-0.3, -0.25) is 9.10 Å². The van der Waals surface area contributed by atoms with Crippen LogP contribution in [0.25, 0.3) is 10.1 Å². The molecule has 1 atom stereocenters. The predicted octanol–water partition coefficient (Wildman–Crippen LogP) is 3.65. The third-order valence-corrected chi connectivity index (χ3v) is 8.51. The predicted molar refractivity (Wildman–Crippen MR) is 128 cm³/mol. The summed E-state index contributed by atoms with van der Waals surface area (Å²) in [7, 11) is 0.604. The van der Waals surface area contributed by atoms with E-state index < -0.39 is 10.0 Å². The van der Waals surface area contributed by atoms with Crippen LogP contribution < -0.4 is 19.1 Å². The maximum Gasteiger partial charge on any atom is 0.264 e. The van der Waals surface area contributed by atoms with Crippen molar-refractivity contribution in [2.45, 2.75) is 23.8 Å². The van der Waals surface area contributed by atoms with Crippen LogP contribution in [0.1, 0.15) is 22.5 Å². The van der Waals surface area contributed by atoms with Crippen LogP contribution in [0.4, 0.5) is 5.69 Å². The van der Waals surface area contributed by atoms with Gasteiger partial charge in [0.15, 0.2) is 11.5 Å². The fraction of sp³-hybridized carbons (Fsp3) is 0.348. The van der Waals surface area contributed by atoms with Crippen LogP contribution >= 0.6 is 11.3 Å². The molecule has 4 rings (SSSR count). The van der Waals surface area contributed by atoms with E-state index in [9.17, 15) is 13.2 Å². The first-order chi connectivity index (χ1) is 15.8. The molecule has 1 saturated heterocycles. The normalized spacial score (nSPS) is 16.0. The van der Waals surface area contributed by atoms with Crippen molar-refractivity contribution >= 4 is 43.0 Å². The van der Waals surface area contributed by atoms with Gasteiger partial charge in [-0.1, -0.05) is 0 Å². The molecule has 0 aliphatic carbocycles. The number of hydrogen-bond acceptors (Lipinski definition) is 7. The Labute approximate surface area is 197 Å². The lowest BCUT2D eigenvalue weighted by Gasteiger charge is -2.20. The molecular formula is C23H26N2O6S2. The Bertz CT molecular complexity index is 1270. The molecule has 1 aliphatic rings. The van der Waals surface area contributed by atoms with Crippen molar-refractivity contribution in [2.75, 3.05) is 38.7 Å². The number of amides is 1. The average molecular weight is 491 g/mol. The number of thiophene rings is 1. The molecule has 2 aromatic carbocycles. The Morgan fingerprint density at radius 3 is 2.64 bits per heavy atom. The molecule has 1 N–H and O–H groups in total. The standard InChI is InChI=1S/C23H26N2O6S2/c1-25(33(27,28)18-7-8-19(29-2)20(13-18)30-3)16-6-9-21-15(11-16)12-22(32-21)23(26)24-14-17-5-4-10-31-17/h6-9,11-13,17H,4-5,10,14H2,1-3H3,(H,24,26)/t17-/m1/s1. The van der Waals surface area contributed by atoms with Gasteiger partial charge in [0.25, 0.3) is 15.9 Å². The molecule has 0 radical (unpaired) electrons. The number of ether oxygens (including phenoxy) is 3. The molecule has 0 unspecified atom stereocenters. The summed E-state index contributed by atoms with van der Waals surface area (Å²) in [5, 5.41) is 3.72. The molecule has 33 heavy (non-hydrogen) atoms. The zero-order valence-corrected chi connectivity index (χ0v) is 20.3. The van der Waals surface area contributed by atoms with E-state index >= 15 is 0 Å². The summed E-state index contributed by atoms with van der Waals surface area (Å²) in [6.07, 6.45) is 2.05. The number of nitrogens with one attached hydrogen (secondary N) is 1. The molecule has 1 fully saturated rings. The summed E-state index contributed by atoms with van der Waals surface area (Å²) in [5.74, 6) is 0.627. The van der Waals surface area contributed by atoms with Crippen molar-refractivity contribution in [3.05, 3.63) is 47.3 Å². The quantitative estimate of drug-likeness (QED) is 0.518. The number of anilines is 1. The van der Waals surface area contributed by atoms with Gasteiger partial charge in [-0.25, -0.2) is 8.42 Å². The first-order valence-electron chi connectivity index (χ1n) is 10.5. The van der Waals surface area contributed by atoms with E-state index in [0.717, 1.165) is 29.5 Å². The minimum Gasteiger partial charge on any atom is -0.493 e. The number of hydrogen-bond donors (Lipinski definition) is 1. The van der Waals surface area contributed by atoms with Gasteiger partial charge in [-0.15, -0.1) is 11.3 Å². The summed E-state index contributed by atoms with van der Waals surface area (Å²) in [4.78, 5) is 13.2. The van der Waals surface area contributed by atoms with Crippen molar-refractivity contribution in [3.8, 4) is 11.5 Å². The number of rotatable bonds is 8. The molecule has 0 saturated carbocycles. The van der Waals surface area contributed by atoms with E-state index in [1.807, 2.05) is 6.07 Å². The number of sulfonamides is 1. The van der Waals surface area contributed by atoms with Crippen LogP contribution in [-0.4, -0.2) is 54.8 Å². The van der Waals surface area contributed by atoms with Crippen molar-refractivity contribution in [1.29, 1.82) is 0 Å². The minimum atomic E-state index is -3.84. The summed E-state index contributed by atoms with van der Waals surface area (Å²) in [6, 6.07) is 11.6. The molecule has 10 heteroatoms. The monoisotopic (exact) mass is 490 g/mol. The molecule has 0 bridgehead atoms. The Hall–Kier alpha value is -2.82. The Kier molecular flexibility index (Phi) is 6.78. The fourth-order valence-corrected chi connectivity index (χ4v) is 5.87. The van der Waals surface area contributed by atoms with Gasteiger partial charge < -0.3 is 19.5 Å². The van der Waals surface area contributed by atoms with E-state index in [0.29, 0.717) is 28.6 Å². The number of benzene rings is 2. The zero-order valence-electron chi connectivity index (χ0n) is 18.7. The summed E-state index contributed by atoms with van der Waals surface area (Å²) in [5.41, 5.74) is 0.487. The molecule has 1 aromatic heterocycles. The van der Waals surface area contributed by atoms with Crippen LogP contribution in [0.15, 0.2) is 47.4 Å². The zero-order chi connectivity index (χ0) is 23.6. The van der Waals surface area contributed by atoms with Crippen LogP contribution in [0.3, 0.4) is 0 Å². The third kappa shape index (κ3) is 4.78. The summed E-state index contributed by atoms with van der Waals surface area (Å²) in [6.45, 7) is 1.23. The third-order valence-electron chi connectivity index (χ3n) is 5.61. The van der Waals surface area contributed by atoms with Crippen molar-refractivity contribution < 1.29 is 27.4 Å². The lowest BCUT2D eigenvalue weighted by atomic mass is 10.2. The topological polar surface area (TPSA) is 94.2 Å². The fourth-order valence-electron chi connectivity index (χ4n) is 3.71. The van der Waals surface area contributed by atoms with Crippen LogP contribution in [0, 0.1) is 0 Å². The van der Waals surface area contributed by atoms with E-state index in [4.69, 9.17) is 14.2 Å². The lowest BCUT2D eigenvalue weighted by molar-refractivity contribution is 0.0861. The van der Waals surface area contributed by atoms with Gasteiger partial charge in [0.1, 0.15) is 0 Å². The number of nitrogens with zero attached hydrogens (tertiary/aromatic N) is 1. The smallest absolute Gasteiger partial charge is 0.264 e. The summed E-state index contributed by atoms with van der Waals surface area (Å²) < 4.78 is 44.5. The highest BCUT2D eigenvalue weighted by Gasteiger charge is 2.24. The number of fused-ring (bicyclic) bond motifs is 1. The number of carbonyl (C=O) groups is 1. The molecular weight excluding hydrogens is 464 g/mol. The second-order valence-electron chi connectivity index (χ2n) is 7.67. The lowest BCUT2D eigenvalue weighted by Crippen LogP contribution is -2.31. The Morgan fingerprint density at radius 1 is 1.15 bits per heavy atom. The van der Waals surface area contributed by atoms with Gasteiger partial charge in [-0.05, 0) is 54.6 Å². The van der Waals surface area contributed by atoms with Crippen LogP contribution in [0.5, 0.6) is 11.5 Å². The highest BCUT2D eigenvalue weighted by Crippen LogP contribution is 2.34. The molecule has 1 amide bonds. The Balaban J connectivity index is 1.55. The van der Waals surface area contributed by atoms with Crippen molar-refractivity contribution in [2.24, 2.45) is 0 Å². The number of methoxy groups -OCH3 is 2. The first-order valence-corrected chi connectivity index (χ1v) is 12.7. The van der Waals surface area contributed by atoms with Crippen molar-refractivity contribution in [3.63, 3.8) is 0 Å².